The average Bonchev–Trinajstić information content (AvgIpc) is 2.50. The summed E-state index contributed by atoms with van der Waals surface area (Å²) >= 11 is 0. The van der Waals surface area contributed by atoms with Crippen LogP contribution in [0.4, 0.5) is 15.8 Å². The minimum absolute atomic E-state index is 0.121. The zero-order valence-electron chi connectivity index (χ0n) is 11.4. The minimum atomic E-state index is -2.78. The van der Waals surface area contributed by atoms with E-state index in [4.69, 9.17) is 0 Å². The van der Waals surface area contributed by atoms with Gasteiger partial charge < -0.3 is 4.74 Å². The van der Waals surface area contributed by atoms with Crippen LogP contribution in [0.15, 0.2) is 18.2 Å². The van der Waals surface area contributed by atoms with Crippen molar-refractivity contribution >= 4 is 23.1 Å². The summed E-state index contributed by atoms with van der Waals surface area (Å²) in [6.45, 7) is 1.53. The molecular weight excluding hydrogens is 303 g/mol. The van der Waals surface area contributed by atoms with E-state index in [1.807, 2.05) is 0 Å². The molecule has 0 amide bonds. The van der Waals surface area contributed by atoms with Gasteiger partial charge in [-0.1, -0.05) is 6.92 Å². The summed E-state index contributed by atoms with van der Waals surface area (Å²) in [5, 5.41) is 21.5. The molecule has 10 heteroatoms. The van der Waals surface area contributed by atoms with Crippen LogP contribution in [0, 0.1) is 20.2 Å². The summed E-state index contributed by atoms with van der Waals surface area (Å²) in [7, 11) is 0. The van der Waals surface area contributed by atoms with E-state index in [2.05, 4.69) is 4.74 Å². The second kappa shape index (κ2) is 7.20. The number of hydrogen-bond donors (Lipinski definition) is 0. The van der Waals surface area contributed by atoms with Crippen molar-refractivity contribution in [1.29, 1.82) is 0 Å². The van der Waals surface area contributed by atoms with E-state index in [1.165, 1.54) is 0 Å². The molecule has 0 bridgehead atoms. The SMILES string of the molecule is CCCOC(=O)C(F)C(=O)c1cc([N+](=O)[O-])ccc1[N+](=O)[O-]. The Morgan fingerprint density at radius 1 is 1.27 bits per heavy atom. The number of halogens is 1. The van der Waals surface area contributed by atoms with E-state index in [-0.39, 0.29) is 6.61 Å². The second-order valence-corrected chi connectivity index (χ2v) is 4.11. The van der Waals surface area contributed by atoms with E-state index in [0.717, 1.165) is 6.07 Å². The average molecular weight is 314 g/mol. The van der Waals surface area contributed by atoms with Gasteiger partial charge in [-0.05, 0) is 6.42 Å². The largest absolute Gasteiger partial charge is 0.463 e. The minimum Gasteiger partial charge on any atom is -0.463 e. The van der Waals surface area contributed by atoms with Crippen molar-refractivity contribution in [2.75, 3.05) is 6.61 Å². The third-order valence-corrected chi connectivity index (χ3v) is 2.54. The maximum Gasteiger partial charge on any atom is 0.349 e. The molecule has 1 atom stereocenters. The first-order chi connectivity index (χ1) is 10.3. The number of non-ortho nitro benzene ring substituents is 1. The number of carbonyl (C=O) groups excluding carboxylic acids is 2. The van der Waals surface area contributed by atoms with Gasteiger partial charge in [-0.2, -0.15) is 0 Å². The molecule has 1 rings (SSSR count). The molecule has 0 aromatic heterocycles. The van der Waals surface area contributed by atoms with Crippen LogP contribution in [-0.2, 0) is 9.53 Å². The summed E-state index contributed by atoms with van der Waals surface area (Å²) in [5.74, 6) is -3.05. The summed E-state index contributed by atoms with van der Waals surface area (Å²) < 4.78 is 18.2. The monoisotopic (exact) mass is 314 g/mol. The van der Waals surface area contributed by atoms with Gasteiger partial charge in [-0.3, -0.25) is 25.0 Å². The lowest BCUT2D eigenvalue weighted by atomic mass is 10.0. The standard InChI is InChI=1S/C12H11FN2O7/c1-2-5-22-12(17)10(13)11(16)8-6-7(14(18)19)3-4-9(8)15(20)21/h3-4,6,10H,2,5H2,1H3. The number of ether oxygens (including phenoxy) is 1. The van der Waals surface area contributed by atoms with E-state index in [0.29, 0.717) is 18.6 Å². The fourth-order valence-corrected chi connectivity index (χ4v) is 1.51. The molecule has 0 fully saturated rings. The summed E-state index contributed by atoms with van der Waals surface area (Å²) in [6.07, 6.45) is -2.39. The van der Waals surface area contributed by atoms with Crippen LogP contribution in [-0.4, -0.2) is 34.4 Å². The molecule has 9 nitrogen and oxygen atoms in total. The Labute approximate surface area is 123 Å². The van der Waals surface area contributed by atoms with Gasteiger partial charge in [-0.15, -0.1) is 0 Å². The summed E-state index contributed by atoms with van der Waals surface area (Å²) in [4.78, 5) is 42.7. The number of nitro groups is 2. The third kappa shape index (κ3) is 3.81. The number of Topliss-reactive ketones (excluding diaryl/α,β-unsaturated/α-hetero) is 1. The topological polar surface area (TPSA) is 130 Å². The molecule has 0 aliphatic heterocycles. The highest BCUT2D eigenvalue weighted by Crippen LogP contribution is 2.26. The molecule has 0 N–H and O–H groups in total. The van der Waals surface area contributed by atoms with Crippen molar-refractivity contribution < 1.29 is 28.6 Å². The molecule has 0 heterocycles. The van der Waals surface area contributed by atoms with Crippen LogP contribution in [0.5, 0.6) is 0 Å². The highest BCUT2D eigenvalue weighted by Gasteiger charge is 2.34. The molecule has 1 aromatic rings. The highest BCUT2D eigenvalue weighted by molar-refractivity contribution is 6.13. The molecule has 0 spiro atoms. The van der Waals surface area contributed by atoms with E-state index in [1.54, 1.807) is 6.92 Å². The first-order valence-corrected chi connectivity index (χ1v) is 6.07. The number of nitro benzene ring substituents is 2. The van der Waals surface area contributed by atoms with Gasteiger partial charge in [0.05, 0.1) is 16.5 Å². The van der Waals surface area contributed by atoms with Gasteiger partial charge in [0.25, 0.3) is 17.5 Å². The Morgan fingerprint density at radius 2 is 1.91 bits per heavy atom. The predicted molar refractivity (Wildman–Crippen MR) is 70.2 cm³/mol. The van der Waals surface area contributed by atoms with E-state index >= 15 is 0 Å². The fourth-order valence-electron chi connectivity index (χ4n) is 1.51. The normalized spacial score (nSPS) is 11.5. The first-order valence-electron chi connectivity index (χ1n) is 6.07. The van der Waals surface area contributed by atoms with Crippen LogP contribution in [0.25, 0.3) is 0 Å². The van der Waals surface area contributed by atoms with Gasteiger partial charge in [0.1, 0.15) is 5.56 Å². The lowest BCUT2D eigenvalue weighted by Gasteiger charge is -2.07. The Morgan fingerprint density at radius 3 is 2.41 bits per heavy atom. The van der Waals surface area contributed by atoms with Crippen LogP contribution in [0.3, 0.4) is 0 Å². The second-order valence-electron chi connectivity index (χ2n) is 4.11. The Hall–Kier alpha value is -2.91. The van der Waals surface area contributed by atoms with Crippen LogP contribution in [0.1, 0.15) is 23.7 Å². The quantitative estimate of drug-likeness (QED) is 0.247. The number of alkyl halides is 1. The first kappa shape index (κ1) is 17.1. The molecule has 22 heavy (non-hydrogen) atoms. The number of esters is 1. The smallest absolute Gasteiger partial charge is 0.349 e. The van der Waals surface area contributed by atoms with Crippen LogP contribution < -0.4 is 0 Å². The highest BCUT2D eigenvalue weighted by atomic mass is 19.1. The molecule has 0 saturated carbocycles. The Bertz CT molecular complexity index is 632. The number of nitrogens with zero attached hydrogens (tertiary/aromatic N) is 2. The van der Waals surface area contributed by atoms with Crippen LogP contribution in [0.2, 0.25) is 0 Å². The number of carbonyl (C=O) groups is 2. The third-order valence-electron chi connectivity index (χ3n) is 2.54. The molecule has 1 aromatic carbocycles. The number of hydrogen-bond acceptors (Lipinski definition) is 7. The predicted octanol–water partition coefficient (Wildman–Crippen LogP) is 1.98. The van der Waals surface area contributed by atoms with Gasteiger partial charge >= 0.3 is 5.97 Å². The lowest BCUT2D eigenvalue weighted by molar-refractivity contribution is -0.389. The van der Waals surface area contributed by atoms with Gasteiger partial charge in [0.2, 0.25) is 5.78 Å². The zero-order chi connectivity index (χ0) is 16.9. The maximum absolute atomic E-state index is 13.8. The van der Waals surface area contributed by atoms with E-state index in [9.17, 15) is 34.2 Å². The van der Waals surface area contributed by atoms with Crippen molar-refractivity contribution in [3.8, 4) is 0 Å². The van der Waals surface area contributed by atoms with Gasteiger partial charge in [0.15, 0.2) is 0 Å². The molecule has 1 unspecified atom stereocenters. The number of benzene rings is 1. The lowest BCUT2D eigenvalue weighted by Crippen LogP contribution is -2.28. The number of rotatable bonds is 7. The Kier molecular flexibility index (Phi) is 5.61. The van der Waals surface area contributed by atoms with Crippen LogP contribution >= 0.6 is 0 Å². The molecule has 0 aliphatic rings. The van der Waals surface area contributed by atoms with Crippen molar-refractivity contribution in [3.05, 3.63) is 44.0 Å². The van der Waals surface area contributed by atoms with Crippen molar-refractivity contribution in [2.45, 2.75) is 19.5 Å². The summed E-state index contributed by atoms with van der Waals surface area (Å²) in [5.41, 5.74) is -2.33. The fraction of sp³-hybridized carbons (Fsp3) is 0.333. The van der Waals surface area contributed by atoms with Gasteiger partial charge in [0, 0.05) is 18.2 Å². The Balaban J connectivity index is 3.19. The number of ketones is 1. The maximum atomic E-state index is 13.8. The van der Waals surface area contributed by atoms with Crippen molar-refractivity contribution in [1.82, 2.24) is 0 Å². The zero-order valence-corrected chi connectivity index (χ0v) is 11.4. The molecular formula is C12H11FN2O7. The summed E-state index contributed by atoms with van der Waals surface area (Å²) in [6, 6.07) is 2.06. The van der Waals surface area contributed by atoms with Crippen molar-refractivity contribution in [2.24, 2.45) is 0 Å². The van der Waals surface area contributed by atoms with Gasteiger partial charge in [-0.25, -0.2) is 9.18 Å². The molecule has 0 aliphatic carbocycles. The molecule has 118 valence electrons. The molecule has 0 radical (unpaired) electrons. The van der Waals surface area contributed by atoms with E-state index < -0.39 is 44.7 Å². The molecule has 0 saturated heterocycles. The van der Waals surface area contributed by atoms with Crippen molar-refractivity contribution in [3.63, 3.8) is 0 Å².